The van der Waals surface area contributed by atoms with Crippen molar-refractivity contribution < 1.29 is 14.2 Å². The van der Waals surface area contributed by atoms with Gasteiger partial charge in [-0.2, -0.15) is 0 Å². The first kappa shape index (κ1) is 21.0. The molecule has 0 saturated heterocycles. The highest BCUT2D eigenvalue weighted by Gasteiger charge is 2.18. The highest BCUT2D eigenvalue weighted by molar-refractivity contribution is 14.0. The molecule has 8 heteroatoms. The van der Waals surface area contributed by atoms with E-state index in [-0.39, 0.29) is 30.8 Å². The van der Waals surface area contributed by atoms with Gasteiger partial charge < -0.3 is 24.8 Å². The van der Waals surface area contributed by atoms with Gasteiger partial charge >= 0.3 is 0 Å². The molecule has 28 heavy (non-hydrogen) atoms. The summed E-state index contributed by atoms with van der Waals surface area (Å²) in [7, 11) is 1.78. The van der Waals surface area contributed by atoms with Gasteiger partial charge in [0.1, 0.15) is 5.75 Å². The van der Waals surface area contributed by atoms with Crippen LogP contribution in [-0.4, -0.2) is 33.0 Å². The number of nitrogens with zero attached hydrogens (tertiary/aromatic N) is 1. The summed E-state index contributed by atoms with van der Waals surface area (Å²) in [5, 5.41) is 6.70. The molecule has 2 N–H and O–H groups in total. The maximum atomic E-state index is 5.56. The first-order chi connectivity index (χ1) is 13.2. The van der Waals surface area contributed by atoms with Crippen LogP contribution in [0.5, 0.6) is 17.2 Å². The first-order valence-corrected chi connectivity index (χ1v) is 9.79. The lowest BCUT2D eigenvalue weighted by molar-refractivity contribution is 0.173. The lowest BCUT2D eigenvalue weighted by atomic mass is 10.1. The molecule has 0 bridgehead atoms. The van der Waals surface area contributed by atoms with E-state index in [1.807, 2.05) is 12.1 Å². The lowest BCUT2D eigenvalue weighted by Crippen LogP contribution is -2.37. The van der Waals surface area contributed by atoms with E-state index >= 15 is 0 Å². The van der Waals surface area contributed by atoms with Crippen LogP contribution in [0, 0.1) is 0 Å². The second-order valence-corrected chi connectivity index (χ2v) is 7.31. The normalized spacial score (nSPS) is 14.1. The summed E-state index contributed by atoms with van der Waals surface area (Å²) in [4.78, 5) is 4.29. The highest BCUT2D eigenvalue weighted by atomic mass is 127. The fourth-order valence-electron chi connectivity index (χ4n) is 3.25. The molecule has 6 nitrogen and oxygen atoms in total. The van der Waals surface area contributed by atoms with Crippen LogP contribution >= 0.6 is 39.9 Å². The van der Waals surface area contributed by atoms with Crippen molar-refractivity contribution in [1.29, 1.82) is 0 Å². The van der Waals surface area contributed by atoms with Gasteiger partial charge in [-0.25, -0.2) is 0 Å². The molecule has 0 spiro atoms. The second-order valence-electron chi connectivity index (χ2n) is 6.45. The Kier molecular flexibility index (Phi) is 7.28. The average molecular weight is 560 g/mol. The maximum absolute atomic E-state index is 5.56. The summed E-state index contributed by atoms with van der Waals surface area (Å²) in [6.45, 7) is 2.52. The van der Waals surface area contributed by atoms with E-state index in [4.69, 9.17) is 14.2 Å². The number of benzene rings is 2. The zero-order chi connectivity index (χ0) is 18.6. The predicted octanol–water partition coefficient (Wildman–Crippen LogP) is 3.64. The molecule has 2 heterocycles. The van der Waals surface area contributed by atoms with Crippen LogP contribution in [0.25, 0.3) is 0 Å². The Balaban J connectivity index is 0.00000225. The number of ether oxygens (including phenoxy) is 3. The Bertz CT molecular complexity index is 876. The van der Waals surface area contributed by atoms with Crippen molar-refractivity contribution in [2.24, 2.45) is 4.99 Å². The summed E-state index contributed by atoms with van der Waals surface area (Å²) in [5.74, 6) is 3.33. The van der Waals surface area contributed by atoms with Crippen LogP contribution in [0.15, 0.2) is 39.8 Å². The smallest absolute Gasteiger partial charge is 0.231 e. The number of fused-ring (bicyclic) bond motifs is 2. The van der Waals surface area contributed by atoms with E-state index in [0.717, 1.165) is 59.2 Å². The van der Waals surface area contributed by atoms with E-state index in [0.29, 0.717) is 6.54 Å². The van der Waals surface area contributed by atoms with Crippen LogP contribution in [0.2, 0.25) is 0 Å². The number of hydrogen-bond acceptors (Lipinski definition) is 4. The Morgan fingerprint density at radius 2 is 1.96 bits per heavy atom. The summed E-state index contributed by atoms with van der Waals surface area (Å²) < 4.78 is 17.3. The molecule has 0 radical (unpaired) electrons. The molecule has 150 valence electrons. The average Bonchev–Trinajstić information content (AvgIpc) is 3.33. The lowest BCUT2D eigenvalue weighted by Gasteiger charge is -2.13. The van der Waals surface area contributed by atoms with Crippen molar-refractivity contribution in [3.63, 3.8) is 0 Å². The molecule has 0 fully saturated rings. The van der Waals surface area contributed by atoms with Crippen LogP contribution < -0.4 is 24.8 Å². The molecular formula is C20H23BrIN3O3. The van der Waals surface area contributed by atoms with E-state index in [2.05, 4.69) is 49.8 Å². The number of guanidine groups is 1. The zero-order valence-electron chi connectivity index (χ0n) is 15.6. The van der Waals surface area contributed by atoms with Gasteiger partial charge in [-0.15, -0.1) is 24.0 Å². The molecule has 0 amide bonds. The minimum absolute atomic E-state index is 0. The van der Waals surface area contributed by atoms with Gasteiger partial charge in [-0.1, -0.05) is 12.1 Å². The van der Waals surface area contributed by atoms with Gasteiger partial charge in [0, 0.05) is 26.6 Å². The van der Waals surface area contributed by atoms with Crippen molar-refractivity contribution >= 4 is 45.9 Å². The van der Waals surface area contributed by atoms with Crippen LogP contribution in [-0.2, 0) is 19.4 Å². The van der Waals surface area contributed by atoms with Crippen molar-refractivity contribution in [3.8, 4) is 17.2 Å². The predicted molar refractivity (Wildman–Crippen MR) is 123 cm³/mol. The van der Waals surface area contributed by atoms with Crippen LogP contribution in [0.3, 0.4) is 0 Å². The molecule has 2 aliphatic heterocycles. The van der Waals surface area contributed by atoms with E-state index < -0.39 is 0 Å². The SMILES string of the molecule is CN=C(NCCc1ccc2c(c1)CCO2)NCc1cc(Br)c2c(c1)OCO2.I. The quantitative estimate of drug-likeness (QED) is 0.333. The molecule has 0 saturated carbocycles. The number of nitrogens with one attached hydrogen (secondary N) is 2. The summed E-state index contributed by atoms with van der Waals surface area (Å²) in [5.41, 5.74) is 3.71. The minimum atomic E-state index is 0. The first-order valence-electron chi connectivity index (χ1n) is 9.00. The number of aliphatic imine (C=N–C) groups is 1. The van der Waals surface area contributed by atoms with E-state index in [1.54, 1.807) is 7.05 Å². The number of halogens is 2. The van der Waals surface area contributed by atoms with Crippen molar-refractivity contribution in [1.82, 2.24) is 10.6 Å². The standard InChI is InChI=1S/C20H22BrN3O3.HI/c1-22-20(23-6-4-13-2-3-17-15(8-13)5-7-25-17)24-11-14-9-16(21)19-18(10-14)26-12-27-19;/h2-3,8-10H,4-7,11-12H2,1H3,(H2,22,23,24);1H. The van der Waals surface area contributed by atoms with Crippen molar-refractivity contribution in [3.05, 3.63) is 51.5 Å². The van der Waals surface area contributed by atoms with Gasteiger partial charge in [-0.05, 0) is 57.2 Å². The zero-order valence-corrected chi connectivity index (χ0v) is 19.5. The van der Waals surface area contributed by atoms with Gasteiger partial charge in [0.25, 0.3) is 0 Å². The highest BCUT2D eigenvalue weighted by Crippen LogP contribution is 2.39. The monoisotopic (exact) mass is 559 g/mol. The summed E-state index contributed by atoms with van der Waals surface area (Å²) in [6, 6.07) is 10.5. The largest absolute Gasteiger partial charge is 0.493 e. The fraction of sp³-hybridized carbons (Fsp3) is 0.350. The minimum Gasteiger partial charge on any atom is -0.493 e. The fourth-order valence-corrected chi connectivity index (χ4v) is 3.85. The van der Waals surface area contributed by atoms with Crippen LogP contribution in [0.1, 0.15) is 16.7 Å². The Labute approximate surface area is 190 Å². The Morgan fingerprint density at radius 1 is 1.07 bits per heavy atom. The molecule has 0 atom stereocenters. The number of hydrogen-bond donors (Lipinski definition) is 2. The molecule has 2 aliphatic rings. The second kappa shape index (κ2) is 9.69. The molecule has 2 aromatic carbocycles. The number of rotatable bonds is 5. The third kappa shape index (κ3) is 4.83. The van der Waals surface area contributed by atoms with Crippen LogP contribution in [0.4, 0.5) is 0 Å². The van der Waals surface area contributed by atoms with E-state index in [1.165, 1.54) is 11.1 Å². The molecule has 0 aliphatic carbocycles. The topological polar surface area (TPSA) is 64.1 Å². The third-order valence-corrected chi connectivity index (χ3v) is 5.22. The maximum Gasteiger partial charge on any atom is 0.231 e. The Morgan fingerprint density at radius 3 is 2.82 bits per heavy atom. The van der Waals surface area contributed by atoms with Gasteiger partial charge in [0.05, 0.1) is 11.1 Å². The van der Waals surface area contributed by atoms with Crippen molar-refractivity contribution in [2.75, 3.05) is 27.0 Å². The molecule has 4 rings (SSSR count). The van der Waals surface area contributed by atoms with Gasteiger partial charge in [-0.3, -0.25) is 4.99 Å². The molecule has 0 unspecified atom stereocenters. The molecule has 2 aromatic rings. The van der Waals surface area contributed by atoms with Gasteiger partial charge in [0.15, 0.2) is 17.5 Å². The summed E-state index contributed by atoms with van der Waals surface area (Å²) >= 11 is 3.52. The Hall–Kier alpha value is -1.68. The summed E-state index contributed by atoms with van der Waals surface area (Å²) in [6.07, 6.45) is 1.94. The third-order valence-electron chi connectivity index (χ3n) is 4.63. The van der Waals surface area contributed by atoms with E-state index in [9.17, 15) is 0 Å². The molecular weight excluding hydrogens is 537 g/mol. The van der Waals surface area contributed by atoms with Crippen molar-refractivity contribution in [2.45, 2.75) is 19.4 Å². The molecule has 0 aromatic heterocycles. The van der Waals surface area contributed by atoms with Gasteiger partial charge in [0.2, 0.25) is 6.79 Å².